The largest absolute Gasteiger partial charge is 0.494 e. The quantitative estimate of drug-likeness (QED) is 0.629. The fourth-order valence-corrected chi connectivity index (χ4v) is 3.34. The average Bonchev–Trinajstić information content (AvgIpc) is 3.52. The van der Waals surface area contributed by atoms with Gasteiger partial charge in [0.05, 0.1) is 30.5 Å². The van der Waals surface area contributed by atoms with Gasteiger partial charge < -0.3 is 14.7 Å². The van der Waals surface area contributed by atoms with Crippen LogP contribution in [0.2, 0.25) is 0 Å². The summed E-state index contributed by atoms with van der Waals surface area (Å²) in [6, 6.07) is 6.50. The molecule has 160 valence electrons. The van der Waals surface area contributed by atoms with Gasteiger partial charge in [-0.2, -0.15) is 13.2 Å². The molecule has 0 bridgehead atoms. The van der Waals surface area contributed by atoms with Crippen LogP contribution in [0.4, 0.5) is 24.5 Å². The van der Waals surface area contributed by atoms with Crippen molar-refractivity contribution in [1.82, 2.24) is 4.98 Å². The summed E-state index contributed by atoms with van der Waals surface area (Å²) in [7, 11) is 1.35. The third kappa shape index (κ3) is 4.39. The fraction of sp³-hybridized carbons (Fsp3) is 0.381. The molecule has 1 fully saturated rings. The van der Waals surface area contributed by atoms with Crippen LogP contribution in [0.3, 0.4) is 0 Å². The van der Waals surface area contributed by atoms with Gasteiger partial charge in [-0.05, 0) is 31.0 Å². The molecule has 2 atom stereocenters. The minimum absolute atomic E-state index is 0.0236. The number of anilines is 2. The second-order valence-electron chi connectivity index (χ2n) is 7.10. The van der Waals surface area contributed by atoms with E-state index in [1.54, 1.807) is 11.0 Å². The number of carbonyl (C=O) groups excluding carboxylic acids is 1. The molecule has 1 saturated carbocycles. The smallest absolute Gasteiger partial charge is 0.416 e. The Morgan fingerprint density at radius 1 is 1.23 bits per heavy atom. The lowest BCUT2D eigenvalue weighted by Gasteiger charge is -2.25. The molecule has 3 rings (SSSR count). The molecule has 0 radical (unpaired) electrons. The first-order valence-corrected chi connectivity index (χ1v) is 9.43. The van der Waals surface area contributed by atoms with E-state index in [0.717, 1.165) is 12.1 Å². The highest BCUT2D eigenvalue weighted by atomic mass is 19.4. The summed E-state index contributed by atoms with van der Waals surface area (Å²) in [5.41, 5.74) is 0.0645. The number of benzene rings is 1. The number of Topliss-reactive ketones (excluding diaryl/α,β-unsaturated/α-hetero) is 1. The molecule has 6 nitrogen and oxygen atoms in total. The van der Waals surface area contributed by atoms with E-state index < -0.39 is 35.3 Å². The number of hydrogen-bond acceptors (Lipinski definition) is 5. The SMILES string of the molecule is CCCN(c1cccc(C(F)(F)F)c1)c1cnc(C(=O)[C@H]2C[C@@H]2C(=O)O)c(OC)c1. The zero-order valence-corrected chi connectivity index (χ0v) is 16.4. The van der Waals surface area contributed by atoms with Gasteiger partial charge in [0.25, 0.3) is 0 Å². The molecule has 9 heteroatoms. The minimum Gasteiger partial charge on any atom is -0.494 e. The molecule has 1 aliphatic rings. The molecule has 1 aliphatic carbocycles. The van der Waals surface area contributed by atoms with Crippen LogP contribution in [0.15, 0.2) is 36.5 Å². The number of rotatable bonds is 8. The van der Waals surface area contributed by atoms with Gasteiger partial charge in [0.1, 0.15) is 11.4 Å². The van der Waals surface area contributed by atoms with Crippen LogP contribution in [-0.4, -0.2) is 35.5 Å². The first-order chi connectivity index (χ1) is 14.2. The standard InChI is InChI=1S/C21H21F3N2O4/c1-3-7-26(13-6-4-5-12(8-13)21(22,23)24)14-9-17(30-2)18(25-11-14)19(27)15-10-16(15)20(28)29/h4-6,8-9,11,15-16H,3,7,10H2,1-2H3,(H,28,29)/t15-,16-/m0/s1. The van der Waals surface area contributed by atoms with Crippen LogP contribution >= 0.6 is 0 Å². The second-order valence-corrected chi connectivity index (χ2v) is 7.10. The summed E-state index contributed by atoms with van der Waals surface area (Å²) in [5.74, 6) is -2.63. The van der Waals surface area contributed by atoms with Gasteiger partial charge in [-0.1, -0.05) is 13.0 Å². The molecule has 1 N–H and O–H groups in total. The fourth-order valence-electron chi connectivity index (χ4n) is 3.34. The summed E-state index contributed by atoms with van der Waals surface area (Å²) < 4.78 is 44.6. The predicted octanol–water partition coefficient (Wildman–Crippen LogP) is 4.56. The highest BCUT2D eigenvalue weighted by Crippen LogP contribution is 2.42. The van der Waals surface area contributed by atoms with E-state index in [-0.39, 0.29) is 17.9 Å². The summed E-state index contributed by atoms with van der Waals surface area (Å²) in [4.78, 5) is 29.5. The first kappa shape index (κ1) is 21.6. The molecular formula is C21H21F3N2O4. The Morgan fingerprint density at radius 2 is 1.97 bits per heavy atom. The zero-order valence-electron chi connectivity index (χ0n) is 16.4. The van der Waals surface area contributed by atoms with Gasteiger partial charge in [0.15, 0.2) is 5.78 Å². The van der Waals surface area contributed by atoms with Gasteiger partial charge in [-0.15, -0.1) is 0 Å². The molecule has 0 unspecified atom stereocenters. The number of carboxylic acid groups (broad SMARTS) is 1. The highest BCUT2D eigenvalue weighted by molar-refractivity contribution is 6.03. The molecular weight excluding hydrogens is 401 g/mol. The topological polar surface area (TPSA) is 79.7 Å². The van der Waals surface area contributed by atoms with E-state index in [1.807, 2.05) is 6.92 Å². The summed E-state index contributed by atoms with van der Waals surface area (Å²) in [5, 5.41) is 9.04. The number of methoxy groups -OCH3 is 1. The maximum Gasteiger partial charge on any atom is 0.416 e. The van der Waals surface area contributed by atoms with Crippen molar-refractivity contribution in [3.8, 4) is 5.75 Å². The van der Waals surface area contributed by atoms with Crippen molar-refractivity contribution in [2.24, 2.45) is 11.8 Å². The van der Waals surface area contributed by atoms with Crippen LogP contribution in [0.25, 0.3) is 0 Å². The number of carboxylic acids is 1. The number of halogens is 3. The summed E-state index contributed by atoms with van der Waals surface area (Å²) in [6.07, 6.45) is -2.16. The van der Waals surface area contributed by atoms with Gasteiger partial charge in [-0.3, -0.25) is 9.59 Å². The van der Waals surface area contributed by atoms with E-state index in [9.17, 15) is 22.8 Å². The molecule has 0 spiro atoms. The molecule has 1 heterocycles. The second kappa shape index (κ2) is 8.33. The number of aliphatic carboxylic acids is 1. The Balaban J connectivity index is 1.95. The highest BCUT2D eigenvalue weighted by Gasteiger charge is 2.49. The van der Waals surface area contributed by atoms with Crippen molar-refractivity contribution < 1.29 is 32.6 Å². The van der Waals surface area contributed by atoms with Crippen LogP contribution in [0, 0.1) is 11.8 Å². The molecule has 0 amide bonds. The number of pyridine rings is 1. The Kier molecular flexibility index (Phi) is 6.00. The van der Waals surface area contributed by atoms with Crippen LogP contribution in [-0.2, 0) is 11.0 Å². The van der Waals surface area contributed by atoms with Gasteiger partial charge >= 0.3 is 12.1 Å². The molecule has 30 heavy (non-hydrogen) atoms. The predicted molar refractivity (Wildman–Crippen MR) is 103 cm³/mol. The van der Waals surface area contributed by atoms with Gasteiger partial charge in [-0.25, -0.2) is 4.98 Å². The Labute approximate surface area is 171 Å². The van der Waals surface area contributed by atoms with E-state index in [2.05, 4.69) is 4.98 Å². The van der Waals surface area contributed by atoms with E-state index in [0.29, 0.717) is 24.3 Å². The van der Waals surface area contributed by atoms with Crippen LogP contribution in [0.5, 0.6) is 5.75 Å². The molecule has 1 aromatic carbocycles. The first-order valence-electron chi connectivity index (χ1n) is 9.43. The van der Waals surface area contributed by atoms with Crippen molar-refractivity contribution in [3.63, 3.8) is 0 Å². The molecule has 2 aromatic rings. The third-order valence-electron chi connectivity index (χ3n) is 4.98. The number of ether oxygens (including phenoxy) is 1. The maximum atomic E-state index is 13.1. The van der Waals surface area contributed by atoms with Gasteiger partial charge in [0.2, 0.25) is 0 Å². The van der Waals surface area contributed by atoms with Crippen molar-refractivity contribution in [1.29, 1.82) is 0 Å². The molecule has 0 saturated heterocycles. The lowest BCUT2D eigenvalue weighted by atomic mass is 10.1. The third-order valence-corrected chi connectivity index (χ3v) is 4.98. The van der Waals surface area contributed by atoms with Gasteiger partial charge in [0, 0.05) is 24.2 Å². The number of carbonyl (C=O) groups is 2. The number of alkyl halides is 3. The number of nitrogens with zero attached hydrogens (tertiary/aromatic N) is 2. The van der Waals surface area contributed by atoms with Crippen molar-refractivity contribution >= 4 is 23.1 Å². The van der Waals surface area contributed by atoms with Crippen LogP contribution < -0.4 is 9.64 Å². The van der Waals surface area contributed by atoms with Crippen molar-refractivity contribution in [3.05, 3.63) is 47.8 Å². The van der Waals surface area contributed by atoms with E-state index in [1.165, 1.54) is 25.4 Å². The molecule has 1 aromatic heterocycles. The van der Waals surface area contributed by atoms with Crippen LogP contribution in [0.1, 0.15) is 35.8 Å². The lowest BCUT2D eigenvalue weighted by Crippen LogP contribution is -2.20. The van der Waals surface area contributed by atoms with E-state index >= 15 is 0 Å². The Bertz CT molecular complexity index is 962. The number of hydrogen-bond donors (Lipinski definition) is 1. The number of aromatic nitrogens is 1. The average molecular weight is 422 g/mol. The van der Waals surface area contributed by atoms with Crippen molar-refractivity contribution in [2.75, 3.05) is 18.6 Å². The minimum atomic E-state index is -4.47. The maximum absolute atomic E-state index is 13.1. The summed E-state index contributed by atoms with van der Waals surface area (Å²) in [6.45, 7) is 2.31. The number of ketones is 1. The Hall–Kier alpha value is -3.10. The summed E-state index contributed by atoms with van der Waals surface area (Å²) >= 11 is 0. The molecule has 0 aliphatic heterocycles. The van der Waals surface area contributed by atoms with E-state index in [4.69, 9.17) is 9.84 Å². The zero-order chi connectivity index (χ0) is 22.1. The normalized spacial score (nSPS) is 18.0. The van der Waals surface area contributed by atoms with Crippen molar-refractivity contribution in [2.45, 2.75) is 25.9 Å². The monoisotopic (exact) mass is 422 g/mol. The lowest BCUT2D eigenvalue weighted by molar-refractivity contribution is -0.139. The Morgan fingerprint density at radius 3 is 2.53 bits per heavy atom.